The van der Waals surface area contributed by atoms with Crippen molar-refractivity contribution in [2.75, 3.05) is 0 Å². The molecule has 0 bridgehead atoms. The summed E-state index contributed by atoms with van der Waals surface area (Å²) in [6.07, 6.45) is 8.42. The number of hydrogen-bond donors (Lipinski definition) is 0. The van der Waals surface area contributed by atoms with Crippen molar-refractivity contribution < 1.29 is 0 Å². The van der Waals surface area contributed by atoms with E-state index in [1.165, 1.54) is 6.33 Å². The quantitative estimate of drug-likeness (QED) is 0.588. The van der Waals surface area contributed by atoms with Crippen LogP contribution in [0.15, 0.2) is 43.4 Å². The highest BCUT2D eigenvalue weighted by molar-refractivity contribution is 5.71. The summed E-state index contributed by atoms with van der Waals surface area (Å²) in [6.45, 7) is 0. The van der Waals surface area contributed by atoms with Gasteiger partial charge < -0.3 is 0 Å². The van der Waals surface area contributed by atoms with Gasteiger partial charge >= 0.3 is 0 Å². The lowest BCUT2D eigenvalue weighted by Crippen LogP contribution is -1.93. The number of rotatable bonds is 1. The number of imidazole rings is 1. The Balaban J connectivity index is 2.28. The smallest absolute Gasteiger partial charge is 0.167 e. The van der Waals surface area contributed by atoms with Gasteiger partial charge in [-0.3, -0.25) is 9.55 Å². The summed E-state index contributed by atoms with van der Waals surface area (Å²) in [6, 6.07) is 3.83. The second kappa shape index (κ2) is 3.13. The van der Waals surface area contributed by atoms with Crippen LogP contribution in [0.3, 0.4) is 0 Å². The van der Waals surface area contributed by atoms with Crippen molar-refractivity contribution in [2.24, 2.45) is 0 Å². The molecule has 0 atom stereocenters. The Labute approximate surface area is 85.5 Å². The van der Waals surface area contributed by atoms with E-state index in [1.807, 2.05) is 16.7 Å². The van der Waals surface area contributed by atoms with Gasteiger partial charge in [0.15, 0.2) is 5.65 Å². The molecule has 3 heterocycles. The van der Waals surface area contributed by atoms with Gasteiger partial charge in [0, 0.05) is 6.20 Å². The van der Waals surface area contributed by atoms with Crippen LogP contribution in [0.25, 0.3) is 16.9 Å². The monoisotopic (exact) mass is 197 g/mol. The van der Waals surface area contributed by atoms with E-state index in [0.29, 0.717) is 0 Å². The summed E-state index contributed by atoms with van der Waals surface area (Å²) in [5.41, 5.74) is 2.51. The van der Waals surface area contributed by atoms with E-state index in [9.17, 15) is 0 Å². The second-order valence-electron chi connectivity index (χ2n) is 3.06. The van der Waals surface area contributed by atoms with Gasteiger partial charge in [0.05, 0.1) is 18.1 Å². The van der Waals surface area contributed by atoms with Gasteiger partial charge in [-0.1, -0.05) is 0 Å². The molecule has 0 aliphatic carbocycles. The Morgan fingerprint density at radius 3 is 2.93 bits per heavy atom. The minimum Gasteiger partial charge on any atom is -0.282 e. The highest BCUT2D eigenvalue weighted by Gasteiger charge is 2.04. The van der Waals surface area contributed by atoms with Crippen molar-refractivity contribution in [2.45, 2.75) is 0 Å². The van der Waals surface area contributed by atoms with E-state index in [2.05, 4.69) is 19.9 Å². The van der Waals surface area contributed by atoms with Crippen LogP contribution in [0.2, 0.25) is 0 Å². The molecule has 72 valence electrons. The molecule has 0 unspecified atom stereocenters. The van der Waals surface area contributed by atoms with E-state index in [0.717, 1.165) is 16.9 Å². The first kappa shape index (κ1) is 8.05. The third-order valence-electron chi connectivity index (χ3n) is 2.14. The zero-order chi connectivity index (χ0) is 10.1. The molecular weight excluding hydrogens is 190 g/mol. The molecule has 3 rings (SSSR count). The molecule has 0 fully saturated rings. The standard InChI is InChI=1S/C10H7N5/c1-2-8(4-11-3-1)15-7-14-9-5-12-6-13-10(9)15/h1-7H. The summed E-state index contributed by atoms with van der Waals surface area (Å²) in [5.74, 6) is 0. The molecule has 0 amide bonds. The van der Waals surface area contributed by atoms with Crippen LogP contribution in [-0.2, 0) is 0 Å². The lowest BCUT2D eigenvalue weighted by atomic mass is 10.4. The fraction of sp³-hybridized carbons (Fsp3) is 0. The minimum atomic E-state index is 0.779. The van der Waals surface area contributed by atoms with Crippen LogP contribution in [0.5, 0.6) is 0 Å². The van der Waals surface area contributed by atoms with E-state index < -0.39 is 0 Å². The molecule has 0 aliphatic heterocycles. The van der Waals surface area contributed by atoms with Crippen molar-refractivity contribution in [3.63, 3.8) is 0 Å². The lowest BCUT2D eigenvalue weighted by Gasteiger charge is -2.00. The zero-order valence-electron chi connectivity index (χ0n) is 7.78. The molecule has 0 N–H and O–H groups in total. The SMILES string of the molecule is c1cncc(-n2cnc3cncnc32)c1. The Morgan fingerprint density at radius 1 is 1.07 bits per heavy atom. The Kier molecular flexibility index (Phi) is 1.68. The highest BCUT2D eigenvalue weighted by Crippen LogP contribution is 2.13. The van der Waals surface area contributed by atoms with Crippen molar-refractivity contribution in [3.05, 3.63) is 43.4 Å². The van der Waals surface area contributed by atoms with Crippen LogP contribution in [0.1, 0.15) is 0 Å². The molecule has 0 aromatic carbocycles. The molecule has 3 aromatic heterocycles. The van der Waals surface area contributed by atoms with Gasteiger partial charge in [-0.15, -0.1) is 0 Å². The molecule has 0 radical (unpaired) electrons. The number of fused-ring (bicyclic) bond motifs is 1. The topological polar surface area (TPSA) is 56.5 Å². The molecule has 0 spiro atoms. The van der Waals surface area contributed by atoms with Crippen LogP contribution in [0.4, 0.5) is 0 Å². The summed E-state index contributed by atoms with van der Waals surface area (Å²) in [4.78, 5) is 16.4. The second-order valence-corrected chi connectivity index (χ2v) is 3.06. The molecule has 3 aromatic rings. The third-order valence-corrected chi connectivity index (χ3v) is 2.14. The van der Waals surface area contributed by atoms with Crippen LogP contribution < -0.4 is 0 Å². The first-order chi connectivity index (χ1) is 7.45. The summed E-state index contributed by atoms with van der Waals surface area (Å²) < 4.78 is 1.88. The summed E-state index contributed by atoms with van der Waals surface area (Å²) >= 11 is 0. The first-order valence-electron chi connectivity index (χ1n) is 4.48. The predicted octanol–water partition coefficient (Wildman–Crippen LogP) is 1.21. The number of hydrogen-bond acceptors (Lipinski definition) is 4. The zero-order valence-corrected chi connectivity index (χ0v) is 7.78. The highest BCUT2D eigenvalue weighted by atomic mass is 15.1. The maximum atomic E-state index is 4.21. The van der Waals surface area contributed by atoms with E-state index in [4.69, 9.17) is 0 Å². The largest absolute Gasteiger partial charge is 0.282 e. The van der Waals surface area contributed by atoms with Gasteiger partial charge in [0.25, 0.3) is 0 Å². The summed E-state index contributed by atoms with van der Waals surface area (Å²) in [7, 11) is 0. The molecule has 0 aliphatic rings. The Bertz CT molecular complexity index is 587. The third kappa shape index (κ3) is 1.25. The summed E-state index contributed by atoms with van der Waals surface area (Å²) in [5, 5.41) is 0. The maximum absolute atomic E-state index is 4.21. The van der Waals surface area contributed by atoms with Crippen LogP contribution in [0, 0.1) is 0 Å². The van der Waals surface area contributed by atoms with Crippen molar-refractivity contribution in [1.82, 2.24) is 24.5 Å². The number of nitrogens with zero attached hydrogens (tertiary/aromatic N) is 5. The number of pyridine rings is 1. The number of aromatic nitrogens is 5. The Hall–Kier alpha value is -2.30. The molecule has 0 saturated heterocycles. The molecule has 5 nitrogen and oxygen atoms in total. The fourth-order valence-corrected chi connectivity index (χ4v) is 1.45. The predicted molar refractivity (Wildman–Crippen MR) is 54.5 cm³/mol. The van der Waals surface area contributed by atoms with Crippen LogP contribution in [-0.4, -0.2) is 24.5 Å². The maximum Gasteiger partial charge on any atom is 0.167 e. The van der Waals surface area contributed by atoms with E-state index in [1.54, 1.807) is 24.9 Å². The van der Waals surface area contributed by atoms with Gasteiger partial charge in [0.1, 0.15) is 18.2 Å². The van der Waals surface area contributed by atoms with E-state index in [-0.39, 0.29) is 0 Å². The molecular formula is C10H7N5. The lowest BCUT2D eigenvalue weighted by molar-refractivity contribution is 1.04. The molecule has 5 heteroatoms. The van der Waals surface area contributed by atoms with Crippen molar-refractivity contribution >= 4 is 11.2 Å². The first-order valence-corrected chi connectivity index (χ1v) is 4.48. The molecule has 0 saturated carbocycles. The molecule has 15 heavy (non-hydrogen) atoms. The van der Waals surface area contributed by atoms with Gasteiger partial charge in [0.2, 0.25) is 0 Å². The van der Waals surface area contributed by atoms with Gasteiger partial charge in [-0.05, 0) is 12.1 Å². The average Bonchev–Trinajstić information content (AvgIpc) is 2.74. The fourth-order valence-electron chi connectivity index (χ4n) is 1.45. The van der Waals surface area contributed by atoms with Crippen molar-refractivity contribution in [1.29, 1.82) is 0 Å². The minimum absolute atomic E-state index is 0.779. The average molecular weight is 197 g/mol. The van der Waals surface area contributed by atoms with Gasteiger partial charge in [-0.2, -0.15) is 0 Å². The van der Waals surface area contributed by atoms with E-state index >= 15 is 0 Å². The Morgan fingerprint density at radius 2 is 2.07 bits per heavy atom. The van der Waals surface area contributed by atoms with Gasteiger partial charge in [-0.25, -0.2) is 15.0 Å². The van der Waals surface area contributed by atoms with Crippen molar-refractivity contribution in [3.8, 4) is 5.69 Å². The van der Waals surface area contributed by atoms with Crippen LogP contribution >= 0.6 is 0 Å². The normalized spacial score (nSPS) is 10.7.